The van der Waals surface area contributed by atoms with Crippen molar-refractivity contribution in [2.24, 2.45) is 9.98 Å². The van der Waals surface area contributed by atoms with Crippen LogP contribution in [0.1, 0.15) is 0 Å². The Morgan fingerprint density at radius 2 is 2.33 bits per heavy atom. The monoisotopic (exact) mass is 83.0 g/mol. The van der Waals surface area contributed by atoms with Gasteiger partial charge in [0.25, 0.3) is 0 Å². The summed E-state index contributed by atoms with van der Waals surface area (Å²) in [4.78, 5) is 6.51. The van der Waals surface area contributed by atoms with Crippen molar-refractivity contribution >= 4 is 19.4 Å². The number of nitrogens with zero attached hydrogens (tertiary/aromatic N) is 2. The number of aliphatic imine (C=N–C) groups is 2. The van der Waals surface area contributed by atoms with Crippen LogP contribution < -0.4 is 0 Å². The van der Waals surface area contributed by atoms with Gasteiger partial charge in [-0.1, -0.05) is 0 Å². The van der Waals surface area contributed by atoms with Crippen LogP contribution in [0.15, 0.2) is 9.98 Å². The van der Waals surface area contributed by atoms with Crippen molar-refractivity contribution in [1.29, 1.82) is 5.41 Å². The molecule has 3 nitrogen and oxygen atoms in total. The Balaban J connectivity index is 3.17. The van der Waals surface area contributed by atoms with E-state index in [1.165, 1.54) is 6.34 Å². The molecular weight excluding hydrogens is 78.1 g/mol. The minimum absolute atomic E-state index is 0.898. The summed E-state index contributed by atoms with van der Waals surface area (Å²) in [6, 6.07) is 0. The molecule has 0 unspecified atom stereocenters. The summed E-state index contributed by atoms with van der Waals surface area (Å²) in [7, 11) is 0. The average molecular weight is 83.1 g/mol. The first-order valence-corrected chi connectivity index (χ1v) is 1.38. The van der Waals surface area contributed by atoms with Gasteiger partial charge in [0.1, 0.15) is 12.7 Å². The number of hydrogen-bond donors (Lipinski definition) is 1. The van der Waals surface area contributed by atoms with Crippen molar-refractivity contribution < 1.29 is 0 Å². The molecule has 0 amide bonds. The van der Waals surface area contributed by atoms with E-state index in [1.54, 1.807) is 0 Å². The summed E-state index contributed by atoms with van der Waals surface area (Å²) in [6.45, 7) is 3.10. The lowest BCUT2D eigenvalue weighted by atomic mass is 11.2. The summed E-state index contributed by atoms with van der Waals surface area (Å²) < 4.78 is 0. The molecule has 0 aliphatic carbocycles. The van der Waals surface area contributed by atoms with E-state index in [2.05, 4.69) is 16.7 Å². The molecule has 0 spiro atoms. The van der Waals surface area contributed by atoms with Crippen molar-refractivity contribution in [2.75, 3.05) is 0 Å². The molecule has 0 rings (SSSR count). The number of nitrogens with one attached hydrogen (secondary N) is 1. The van der Waals surface area contributed by atoms with E-state index < -0.39 is 0 Å². The van der Waals surface area contributed by atoms with Crippen LogP contribution in [0.5, 0.6) is 0 Å². The maximum Gasteiger partial charge on any atom is 0.116 e. The van der Waals surface area contributed by atoms with Crippen LogP contribution in [0.25, 0.3) is 0 Å². The first kappa shape index (κ1) is 5.01. The molecule has 1 N–H and O–H groups in total. The fourth-order valence-electron chi connectivity index (χ4n) is 0.0805. The van der Waals surface area contributed by atoms with Crippen LogP contribution in [0, 0.1) is 5.41 Å². The second kappa shape index (κ2) is 4.01. The zero-order chi connectivity index (χ0) is 4.83. The third kappa shape index (κ3) is 3.01. The summed E-state index contributed by atoms with van der Waals surface area (Å²) in [5, 5.41) is 6.30. The van der Waals surface area contributed by atoms with E-state index in [9.17, 15) is 0 Å². The van der Waals surface area contributed by atoms with Gasteiger partial charge in [-0.15, -0.1) is 0 Å². The van der Waals surface area contributed by atoms with Crippen LogP contribution in [-0.2, 0) is 0 Å². The van der Waals surface area contributed by atoms with Crippen LogP contribution in [-0.4, -0.2) is 19.4 Å². The third-order valence-corrected chi connectivity index (χ3v) is 0.223. The van der Waals surface area contributed by atoms with Gasteiger partial charge >= 0.3 is 0 Å². The normalized spacial score (nSPS) is 8.67. The second-order valence-corrected chi connectivity index (χ2v) is 0.576. The highest BCUT2D eigenvalue weighted by atomic mass is 14.8. The maximum atomic E-state index is 6.30. The Hall–Kier alpha value is -0.990. The van der Waals surface area contributed by atoms with Gasteiger partial charge in [0.05, 0.1) is 0 Å². The van der Waals surface area contributed by atoms with E-state index >= 15 is 0 Å². The maximum absolute atomic E-state index is 6.30. The minimum Gasteiger partial charge on any atom is -0.289 e. The largest absolute Gasteiger partial charge is 0.289 e. The molecule has 0 radical (unpaired) electrons. The molecule has 0 fully saturated rings. The van der Waals surface area contributed by atoms with Crippen LogP contribution >= 0.6 is 0 Å². The van der Waals surface area contributed by atoms with Crippen LogP contribution in [0.4, 0.5) is 0 Å². The van der Waals surface area contributed by atoms with Crippen molar-refractivity contribution in [3.05, 3.63) is 0 Å². The molecule has 0 aliphatic rings. The molecule has 0 atom stereocenters. The average Bonchev–Trinajstić information content (AvgIpc) is 1.61. The van der Waals surface area contributed by atoms with E-state index in [-0.39, 0.29) is 0 Å². The first-order chi connectivity index (χ1) is 2.91. The molecule has 0 heterocycles. The molecule has 0 saturated heterocycles. The quantitative estimate of drug-likeness (QED) is 0.369. The third-order valence-electron chi connectivity index (χ3n) is 0.223. The van der Waals surface area contributed by atoms with E-state index in [1.807, 2.05) is 0 Å². The SMILES string of the molecule is C=N/C=N\C=N. The summed E-state index contributed by atoms with van der Waals surface area (Å²) in [5.74, 6) is 0. The molecule has 6 heavy (non-hydrogen) atoms. The van der Waals surface area contributed by atoms with Crippen LogP contribution in [0.3, 0.4) is 0 Å². The lowest BCUT2D eigenvalue weighted by molar-refractivity contribution is 1.51. The van der Waals surface area contributed by atoms with Crippen molar-refractivity contribution in [1.82, 2.24) is 0 Å². The van der Waals surface area contributed by atoms with Crippen LogP contribution in [0.2, 0.25) is 0 Å². The Morgan fingerprint density at radius 1 is 1.67 bits per heavy atom. The summed E-state index contributed by atoms with van der Waals surface area (Å²) >= 11 is 0. The van der Waals surface area contributed by atoms with Gasteiger partial charge in [0, 0.05) is 0 Å². The predicted octanol–water partition coefficient (Wildman–Crippen LogP) is 0.322. The predicted molar refractivity (Wildman–Crippen MR) is 26.8 cm³/mol. The molecule has 0 saturated carbocycles. The standard InChI is InChI=1S/C3H5N3/c1-5-3-6-2-4/h2-4H,1H2/b4-2?,6-3-. The number of hydrogen-bond acceptors (Lipinski definition) is 1. The van der Waals surface area contributed by atoms with Gasteiger partial charge in [0.2, 0.25) is 0 Å². The van der Waals surface area contributed by atoms with E-state index in [0.29, 0.717) is 0 Å². The Labute approximate surface area is 35.9 Å². The van der Waals surface area contributed by atoms with Gasteiger partial charge < -0.3 is 0 Å². The molecule has 0 aromatic rings. The van der Waals surface area contributed by atoms with Gasteiger partial charge in [-0.2, -0.15) is 0 Å². The zero-order valence-electron chi connectivity index (χ0n) is 3.26. The lowest BCUT2D eigenvalue weighted by Crippen LogP contribution is -1.60. The fourth-order valence-corrected chi connectivity index (χ4v) is 0.0805. The molecule has 0 aliphatic heterocycles. The second-order valence-electron chi connectivity index (χ2n) is 0.576. The van der Waals surface area contributed by atoms with Crippen molar-refractivity contribution in [2.45, 2.75) is 0 Å². The van der Waals surface area contributed by atoms with E-state index in [4.69, 9.17) is 5.41 Å². The number of rotatable bonds is 2. The highest BCUT2D eigenvalue weighted by molar-refractivity contribution is 5.72. The lowest BCUT2D eigenvalue weighted by Gasteiger charge is -1.61. The molecule has 32 valence electrons. The molecular formula is C3H5N3. The smallest absolute Gasteiger partial charge is 0.116 e. The Bertz CT molecular complexity index is 64.1. The molecule has 0 aromatic carbocycles. The fraction of sp³-hybridized carbons (Fsp3) is 0. The molecule has 3 heteroatoms. The van der Waals surface area contributed by atoms with Gasteiger partial charge in [-0.3, -0.25) is 10.4 Å². The summed E-state index contributed by atoms with van der Waals surface area (Å²) in [6.07, 6.45) is 2.10. The van der Waals surface area contributed by atoms with E-state index in [0.717, 1.165) is 6.34 Å². The highest BCUT2D eigenvalue weighted by Gasteiger charge is 1.48. The van der Waals surface area contributed by atoms with Crippen molar-refractivity contribution in [3.63, 3.8) is 0 Å². The van der Waals surface area contributed by atoms with Gasteiger partial charge in [-0.05, 0) is 6.72 Å². The molecule has 0 aromatic heterocycles. The molecule has 0 bridgehead atoms. The van der Waals surface area contributed by atoms with Crippen molar-refractivity contribution in [3.8, 4) is 0 Å². The van der Waals surface area contributed by atoms with Gasteiger partial charge in [0.15, 0.2) is 0 Å². The minimum atomic E-state index is 0.898. The van der Waals surface area contributed by atoms with Gasteiger partial charge in [-0.25, -0.2) is 4.99 Å². The zero-order valence-corrected chi connectivity index (χ0v) is 3.26. The summed E-state index contributed by atoms with van der Waals surface area (Å²) in [5.41, 5.74) is 0. The Morgan fingerprint density at radius 3 is 2.50 bits per heavy atom. The topological polar surface area (TPSA) is 48.6 Å². The highest BCUT2D eigenvalue weighted by Crippen LogP contribution is 1.50. The Kier molecular flexibility index (Phi) is 3.35. The first-order valence-electron chi connectivity index (χ1n) is 1.38.